The molecule has 0 aliphatic heterocycles. The van der Waals surface area contributed by atoms with Crippen molar-refractivity contribution in [2.45, 2.75) is 38.3 Å². The number of rotatable bonds is 5. The summed E-state index contributed by atoms with van der Waals surface area (Å²) in [7, 11) is 0. The third-order valence-corrected chi connectivity index (χ3v) is 6.81. The summed E-state index contributed by atoms with van der Waals surface area (Å²) in [5.41, 5.74) is 0. The highest BCUT2D eigenvalue weighted by atomic mass is 27.2. The van der Waals surface area contributed by atoms with Crippen LogP contribution in [0.15, 0.2) is 30.6 Å². The molecule has 0 unspecified atom stereocenters. The smallest absolute Gasteiger partial charge is 0.397 e. The molecule has 0 saturated carbocycles. The zero-order valence-corrected chi connectivity index (χ0v) is 11.6. The molecular weight excluding hydrogens is 197 g/mol. The summed E-state index contributed by atoms with van der Waals surface area (Å²) in [5.74, 6) is 1.65. The summed E-state index contributed by atoms with van der Waals surface area (Å²) in [4.78, 5) is 0. The van der Waals surface area contributed by atoms with Crippen LogP contribution in [0.4, 0.5) is 0 Å². The molecule has 1 aromatic rings. The van der Waals surface area contributed by atoms with Crippen LogP contribution < -0.4 is 3.55 Å². The van der Waals surface area contributed by atoms with Crippen molar-refractivity contribution in [3.63, 3.8) is 0 Å². The molecule has 82 valence electrons. The Bertz CT molecular complexity index is 259. The largest absolute Gasteiger partial charge is 0.744 e. The van der Waals surface area contributed by atoms with Crippen LogP contribution in [0.3, 0.4) is 0 Å². The zero-order chi connectivity index (χ0) is 11.3. The standard InChI is InChI=1S/C5H5N.2C4H9.Al/c1-2-4-6-5-3-1;2*1-4(2)3;/h1-5H;2*4H,1H2,2-3H3;/q;;;+1. The van der Waals surface area contributed by atoms with Gasteiger partial charge in [0.2, 0.25) is 0 Å². The van der Waals surface area contributed by atoms with Gasteiger partial charge in [-0.25, -0.2) is 0 Å². The lowest BCUT2D eigenvalue weighted by atomic mass is 10.3. The summed E-state index contributed by atoms with van der Waals surface area (Å²) in [6, 6.07) is 6.41. The van der Waals surface area contributed by atoms with E-state index in [2.05, 4.69) is 61.8 Å². The molecule has 0 aromatic carbocycles. The molecule has 1 heterocycles. The molecule has 0 N–H and O–H groups in total. The van der Waals surface area contributed by atoms with Gasteiger partial charge in [0, 0.05) is 0 Å². The highest BCUT2D eigenvalue weighted by molar-refractivity contribution is 6.49. The third-order valence-electron chi connectivity index (χ3n) is 2.65. The predicted molar refractivity (Wildman–Crippen MR) is 67.1 cm³/mol. The highest BCUT2D eigenvalue weighted by Crippen LogP contribution is 2.12. The fourth-order valence-electron chi connectivity index (χ4n) is 2.08. The van der Waals surface area contributed by atoms with Crippen LogP contribution in [0.5, 0.6) is 0 Å². The Hall–Kier alpha value is -0.318. The van der Waals surface area contributed by atoms with Crippen LogP contribution in [-0.2, 0) is 0 Å². The first-order chi connectivity index (χ1) is 7.09. The van der Waals surface area contributed by atoms with Crippen LogP contribution in [0.1, 0.15) is 27.7 Å². The third kappa shape index (κ3) is 4.82. The van der Waals surface area contributed by atoms with E-state index >= 15 is 0 Å². The zero-order valence-electron chi connectivity index (χ0n) is 10.5. The fraction of sp³-hybridized carbons (Fsp3) is 0.615. The maximum Gasteiger partial charge on any atom is 0.744 e. The van der Waals surface area contributed by atoms with Crippen LogP contribution >= 0.6 is 0 Å². The van der Waals surface area contributed by atoms with E-state index in [0.717, 1.165) is 11.8 Å². The van der Waals surface area contributed by atoms with Gasteiger partial charge in [-0.2, -0.15) is 0 Å². The molecule has 0 fully saturated rings. The normalized spacial score (nSPS) is 11.1. The molecule has 0 bridgehead atoms. The molecule has 15 heavy (non-hydrogen) atoms. The van der Waals surface area contributed by atoms with Crippen molar-refractivity contribution in [3.8, 4) is 0 Å². The lowest BCUT2D eigenvalue weighted by Gasteiger charge is -2.09. The number of pyridine rings is 1. The van der Waals surface area contributed by atoms with Crippen LogP contribution in [0.25, 0.3) is 0 Å². The molecule has 0 amide bonds. The molecule has 0 saturated heterocycles. The van der Waals surface area contributed by atoms with Gasteiger partial charge in [-0.1, -0.05) is 45.6 Å². The Labute approximate surface area is 98.7 Å². The molecule has 0 atom stereocenters. The Kier molecular flexibility index (Phi) is 5.36. The molecule has 0 spiro atoms. The van der Waals surface area contributed by atoms with Gasteiger partial charge >= 0.3 is 14.4 Å². The summed E-state index contributed by atoms with van der Waals surface area (Å²) >= 11 is -0.791. The SMILES string of the molecule is CC(C)[CH2][Al]([CH2]C(C)C)[n+]1ccccc1. The minimum absolute atomic E-state index is 0.791. The van der Waals surface area contributed by atoms with Gasteiger partial charge in [0.1, 0.15) is 12.4 Å². The number of hydrogen-bond donors (Lipinski definition) is 0. The first-order valence-electron chi connectivity index (χ1n) is 6.05. The maximum absolute atomic E-state index is 2.50. The van der Waals surface area contributed by atoms with E-state index in [4.69, 9.17) is 0 Å². The van der Waals surface area contributed by atoms with E-state index in [-0.39, 0.29) is 0 Å². The van der Waals surface area contributed by atoms with Crippen LogP contribution in [-0.4, -0.2) is 14.4 Å². The summed E-state index contributed by atoms with van der Waals surface area (Å²) in [6.45, 7) is 9.35. The Morgan fingerprint density at radius 3 is 1.73 bits per heavy atom. The van der Waals surface area contributed by atoms with Gasteiger partial charge in [-0.3, -0.25) is 0 Å². The molecule has 0 aliphatic carbocycles. The minimum Gasteiger partial charge on any atom is -0.397 e. The maximum atomic E-state index is 2.50. The number of nitrogens with zero attached hydrogens (tertiary/aromatic N) is 1. The Morgan fingerprint density at radius 1 is 0.867 bits per heavy atom. The van der Waals surface area contributed by atoms with Crippen molar-refractivity contribution >= 4 is 14.4 Å². The lowest BCUT2D eigenvalue weighted by Crippen LogP contribution is -2.51. The fourth-order valence-corrected chi connectivity index (χ4v) is 5.62. The van der Waals surface area contributed by atoms with Gasteiger partial charge in [0.15, 0.2) is 0 Å². The summed E-state index contributed by atoms with van der Waals surface area (Å²) in [6.07, 6.45) is 4.50. The summed E-state index contributed by atoms with van der Waals surface area (Å²) < 4.78 is 2.50. The second-order valence-corrected chi connectivity index (χ2v) is 8.08. The first-order valence-corrected chi connectivity index (χ1v) is 8.20. The second kappa shape index (κ2) is 6.31. The van der Waals surface area contributed by atoms with E-state index in [9.17, 15) is 0 Å². The Balaban J connectivity index is 2.72. The van der Waals surface area contributed by atoms with Crippen molar-refractivity contribution in [1.82, 2.24) is 0 Å². The van der Waals surface area contributed by atoms with E-state index in [1.807, 2.05) is 0 Å². The van der Waals surface area contributed by atoms with Crippen LogP contribution in [0, 0.1) is 11.8 Å². The van der Waals surface area contributed by atoms with Crippen molar-refractivity contribution in [2.24, 2.45) is 11.8 Å². The average Bonchev–Trinajstić information content (AvgIpc) is 2.17. The molecule has 1 rings (SSSR count). The van der Waals surface area contributed by atoms with Crippen LogP contribution in [0.2, 0.25) is 10.6 Å². The van der Waals surface area contributed by atoms with E-state index in [1.165, 1.54) is 10.6 Å². The first kappa shape index (κ1) is 12.8. The average molecular weight is 220 g/mol. The molecule has 2 heteroatoms. The van der Waals surface area contributed by atoms with E-state index in [1.54, 1.807) is 0 Å². The molecule has 1 nitrogen and oxygen atoms in total. The summed E-state index contributed by atoms with van der Waals surface area (Å²) in [5, 5.41) is 2.82. The number of hydrogen-bond acceptors (Lipinski definition) is 0. The van der Waals surface area contributed by atoms with Crippen molar-refractivity contribution in [1.29, 1.82) is 0 Å². The van der Waals surface area contributed by atoms with Gasteiger partial charge in [0.05, 0.1) is 0 Å². The predicted octanol–water partition coefficient (Wildman–Crippen LogP) is 3.13. The van der Waals surface area contributed by atoms with Gasteiger partial charge in [-0.05, 0) is 22.7 Å². The minimum atomic E-state index is -0.791. The topological polar surface area (TPSA) is 3.88 Å². The second-order valence-electron chi connectivity index (χ2n) is 5.24. The van der Waals surface area contributed by atoms with Crippen molar-refractivity contribution in [3.05, 3.63) is 30.6 Å². The van der Waals surface area contributed by atoms with Crippen molar-refractivity contribution in [2.75, 3.05) is 0 Å². The quantitative estimate of drug-likeness (QED) is 0.671. The molecule has 0 aliphatic rings. The lowest BCUT2D eigenvalue weighted by molar-refractivity contribution is -0.539. The Morgan fingerprint density at radius 2 is 1.33 bits per heavy atom. The molecule has 0 radical (unpaired) electrons. The highest BCUT2D eigenvalue weighted by Gasteiger charge is 2.37. The molecular formula is C13H23AlN+. The number of aromatic nitrogens is 1. The van der Waals surface area contributed by atoms with Crippen molar-refractivity contribution < 1.29 is 3.55 Å². The monoisotopic (exact) mass is 220 g/mol. The van der Waals surface area contributed by atoms with Gasteiger partial charge < -0.3 is 3.55 Å². The molecule has 1 aromatic heterocycles. The van der Waals surface area contributed by atoms with E-state index in [0.29, 0.717) is 0 Å². The van der Waals surface area contributed by atoms with Gasteiger partial charge in [-0.15, -0.1) is 0 Å². The van der Waals surface area contributed by atoms with E-state index < -0.39 is 14.4 Å². The van der Waals surface area contributed by atoms with Gasteiger partial charge in [0.25, 0.3) is 0 Å².